The Morgan fingerprint density at radius 2 is 1.77 bits per heavy atom. The highest BCUT2D eigenvalue weighted by molar-refractivity contribution is 6.46. The highest BCUT2D eigenvalue weighted by Crippen LogP contribution is 2.40. The first-order valence-corrected chi connectivity index (χ1v) is 12.0. The topological polar surface area (TPSA) is 79.3 Å². The van der Waals surface area contributed by atoms with Crippen molar-refractivity contribution in [1.82, 2.24) is 9.80 Å². The van der Waals surface area contributed by atoms with Crippen LogP contribution in [-0.2, 0) is 9.59 Å². The van der Waals surface area contributed by atoms with Gasteiger partial charge in [0.1, 0.15) is 17.3 Å². The van der Waals surface area contributed by atoms with Crippen molar-refractivity contribution in [2.45, 2.75) is 33.7 Å². The molecule has 0 aromatic heterocycles. The zero-order valence-electron chi connectivity index (χ0n) is 21.5. The summed E-state index contributed by atoms with van der Waals surface area (Å²) < 4.78 is 11.4. The number of hydrogen-bond acceptors (Lipinski definition) is 6. The van der Waals surface area contributed by atoms with Gasteiger partial charge in [-0.15, -0.1) is 0 Å². The lowest BCUT2D eigenvalue weighted by molar-refractivity contribution is -0.140. The molecule has 2 aromatic carbocycles. The highest BCUT2D eigenvalue weighted by Gasteiger charge is 2.45. The number of benzene rings is 2. The Morgan fingerprint density at radius 3 is 2.34 bits per heavy atom. The number of amides is 1. The number of ether oxygens (including phenoxy) is 2. The predicted molar refractivity (Wildman–Crippen MR) is 137 cm³/mol. The number of aryl methyl sites for hydroxylation is 1. The monoisotopic (exact) mass is 480 g/mol. The minimum absolute atomic E-state index is 0.0909. The molecule has 1 aliphatic heterocycles. The lowest BCUT2D eigenvalue weighted by Crippen LogP contribution is -2.35. The second-order valence-electron chi connectivity index (χ2n) is 9.48. The second-order valence-corrected chi connectivity index (χ2v) is 9.48. The molecule has 3 rings (SSSR count). The smallest absolute Gasteiger partial charge is 0.295 e. The van der Waals surface area contributed by atoms with Crippen LogP contribution in [0.5, 0.6) is 11.5 Å². The summed E-state index contributed by atoms with van der Waals surface area (Å²) in [5.41, 5.74) is 2.14. The molecule has 1 N–H and O–H groups in total. The van der Waals surface area contributed by atoms with Crippen molar-refractivity contribution in [2.75, 3.05) is 40.4 Å². The first kappa shape index (κ1) is 26.3. The van der Waals surface area contributed by atoms with E-state index in [1.165, 1.54) is 4.90 Å². The first-order chi connectivity index (χ1) is 16.6. The van der Waals surface area contributed by atoms with Crippen molar-refractivity contribution in [2.24, 2.45) is 5.92 Å². The van der Waals surface area contributed by atoms with Crippen LogP contribution in [0.15, 0.2) is 48.0 Å². The van der Waals surface area contributed by atoms with E-state index >= 15 is 0 Å². The Labute approximate surface area is 207 Å². The van der Waals surface area contributed by atoms with E-state index in [0.717, 1.165) is 16.9 Å². The van der Waals surface area contributed by atoms with Crippen LogP contribution < -0.4 is 9.47 Å². The second kappa shape index (κ2) is 11.4. The van der Waals surface area contributed by atoms with Gasteiger partial charge in [-0.25, -0.2) is 0 Å². The maximum Gasteiger partial charge on any atom is 0.295 e. The molecule has 2 aromatic rings. The van der Waals surface area contributed by atoms with Gasteiger partial charge in [-0.1, -0.05) is 26.0 Å². The number of Topliss-reactive ketones (excluding diaryl/α,β-unsaturated/α-hetero) is 1. The Balaban J connectivity index is 2.06. The number of carbonyl (C=O) groups excluding carboxylic acids is 2. The summed E-state index contributed by atoms with van der Waals surface area (Å²) in [5, 5.41) is 11.3. The van der Waals surface area contributed by atoms with E-state index in [-0.39, 0.29) is 11.3 Å². The molecule has 0 radical (unpaired) electrons. The fourth-order valence-corrected chi connectivity index (χ4v) is 4.05. The number of likely N-dealkylation sites (N-methyl/N-ethyl adjacent to an activating group) is 1. The number of likely N-dealkylation sites (tertiary alicyclic amines) is 1. The lowest BCUT2D eigenvalue weighted by Gasteiger charge is -2.26. The standard InChI is InChI=1S/C28H36N2O5/c1-7-34-22-11-8-20(9-12-22)25-24(27(32)28(33)30(25)15-14-29(5)6)26(31)21-10-13-23(19(4)16-21)35-17-18(2)3/h8-13,16,18,25,31H,7,14-15,17H2,1-6H3/b26-24+. The summed E-state index contributed by atoms with van der Waals surface area (Å²) in [6.07, 6.45) is 0. The molecule has 7 heteroatoms. The number of carbonyl (C=O) groups is 2. The molecular weight excluding hydrogens is 444 g/mol. The molecule has 1 unspecified atom stereocenters. The molecular formula is C28H36N2O5. The average Bonchev–Trinajstić information content (AvgIpc) is 3.06. The summed E-state index contributed by atoms with van der Waals surface area (Å²) >= 11 is 0. The molecule has 1 aliphatic rings. The van der Waals surface area contributed by atoms with E-state index in [9.17, 15) is 14.7 Å². The molecule has 7 nitrogen and oxygen atoms in total. The van der Waals surface area contributed by atoms with E-state index < -0.39 is 17.7 Å². The molecule has 0 spiro atoms. The van der Waals surface area contributed by atoms with Crippen molar-refractivity contribution in [3.05, 3.63) is 64.7 Å². The normalized spacial score (nSPS) is 17.5. The Morgan fingerprint density at radius 1 is 1.09 bits per heavy atom. The molecule has 0 saturated carbocycles. The maximum atomic E-state index is 13.2. The van der Waals surface area contributed by atoms with Crippen LogP contribution in [0.4, 0.5) is 0 Å². The minimum Gasteiger partial charge on any atom is -0.507 e. The van der Waals surface area contributed by atoms with Gasteiger partial charge in [-0.05, 0) is 75.3 Å². The van der Waals surface area contributed by atoms with Crippen LogP contribution in [0.2, 0.25) is 0 Å². The minimum atomic E-state index is -0.692. The Bertz CT molecular complexity index is 1090. The number of rotatable bonds is 10. The van der Waals surface area contributed by atoms with Gasteiger partial charge in [0, 0.05) is 18.7 Å². The first-order valence-electron chi connectivity index (χ1n) is 12.0. The van der Waals surface area contributed by atoms with Crippen LogP contribution in [0.25, 0.3) is 5.76 Å². The van der Waals surface area contributed by atoms with Gasteiger partial charge in [0.15, 0.2) is 0 Å². The molecule has 0 bridgehead atoms. The van der Waals surface area contributed by atoms with E-state index in [1.54, 1.807) is 18.2 Å². The van der Waals surface area contributed by atoms with Gasteiger partial charge in [0.25, 0.3) is 11.7 Å². The molecule has 35 heavy (non-hydrogen) atoms. The Hall–Kier alpha value is -3.32. The van der Waals surface area contributed by atoms with Crippen molar-refractivity contribution in [1.29, 1.82) is 0 Å². The fraction of sp³-hybridized carbons (Fsp3) is 0.429. The number of ketones is 1. The van der Waals surface area contributed by atoms with Gasteiger partial charge < -0.3 is 24.4 Å². The fourth-order valence-electron chi connectivity index (χ4n) is 4.05. The zero-order valence-corrected chi connectivity index (χ0v) is 21.5. The molecule has 1 fully saturated rings. The van der Waals surface area contributed by atoms with Crippen molar-refractivity contribution < 1.29 is 24.2 Å². The SMILES string of the molecule is CCOc1ccc(C2/C(=C(\O)c3ccc(OCC(C)C)c(C)c3)C(=O)C(=O)N2CCN(C)C)cc1. The summed E-state index contributed by atoms with van der Waals surface area (Å²) in [6, 6.07) is 11.9. The van der Waals surface area contributed by atoms with Crippen LogP contribution >= 0.6 is 0 Å². The third kappa shape index (κ3) is 6.03. The molecule has 188 valence electrons. The lowest BCUT2D eigenvalue weighted by atomic mass is 9.94. The van der Waals surface area contributed by atoms with Gasteiger partial charge >= 0.3 is 0 Å². The van der Waals surface area contributed by atoms with Crippen molar-refractivity contribution in [3.8, 4) is 11.5 Å². The van der Waals surface area contributed by atoms with E-state index in [1.807, 2.05) is 57.1 Å². The molecule has 1 atom stereocenters. The quantitative estimate of drug-likeness (QED) is 0.308. The third-order valence-electron chi connectivity index (χ3n) is 5.86. The van der Waals surface area contributed by atoms with Gasteiger partial charge in [-0.3, -0.25) is 9.59 Å². The van der Waals surface area contributed by atoms with Crippen LogP contribution in [-0.4, -0.2) is 67.0 Å². The maximum absolute atomic E-state index is 13.2. The van der Waals surface area contributed by atoms with Crippen molar-refractivity contribution in [3.63, 3.8) is 0 Å². The largest absolute Gasteiger partial charge is 0.507 e. The van der Waals surface area contributed by atoms with Crippen LogP contribution in [0.1, 0.15) is 43.5 Å². The third-order valence-corrected chi connectivity index (χ3v) is 5.86. The van der Waals surface area contributed by atoms with Gasteiger partial charge in [0.05, 0.1) is 24.8 Å². The van der Waals surface area contributed by atoms with E-state index in [0.29, 0.717) is 43.5 Å². The number of nitrogens with zero attached hydrogens (tertiary/aromatic N) is 2. The number of hydrogen-bond donors (Lipinski definition) is 1. The summed E-state index contributed by atoms with van der Waals surface area (Å²) in [6.45, 7) is 10.0. The molecule has 1 heterocycles. The molecule has 0 aliphatic carbocycles. The summed E-state index contributed by atoms with van der Waals surface area (Å²) in [5.74, 6) is 0.334. The van der Waals surface area contributed by atoms with E-state index in [4.69, 9.17) is 9.47 Å². The molecule has 1 saturated heterocycles. The van der Waals surface area contributed by atoms with Crippen molar-refractivity contribution >= 4 is 17.4 Å². The van der Waals surface area contributed by atoms with Crippen LogP contribution in [0, 0.1) is 12.8 Å². The average molecular weight is 481 g/mol. The predicted octanol–water partition coefficient (Wildman–Crippen LogP) is 4.41. The van der Waals surface area contributed by atoms with E-state index in [2.05, 4.69) is 13.8 Å². The number of aliphatic hydroxyl groups is 1. The number of aliphatic hydroxyl groups excluding tert-OH is 1. The van der Waals surface area contributed by atoms with Crippen LogP contribution in [0.3, 0.4) is 0 Å². The summed E-state index contributed by atoms with van der Waals surface area (Å²) in [7, 11) is 3.82. The highest BCUT2D eigenvalue weighted by atomic mass is 16.5. The van der Waals surface area contributed by atoms with Gasteiger partial charge in [-0.2, -0.15) is 0 Å². The molecule has 1 amide bonds. The zero-order chi connectivity index (χ0) is 25.7. The summed E-state index contributed by atoms with van der Waals surface area (Å²) in [4.78, 5) is 29.7. The van der Waals surface area contributed by atoms with Gasteiger partial charge in [0.2, 0.25) is 0 Å². The Kier molecular flexibility index (Phi) is 8.57.